The van der Waals surface area contributed by atoms with Gasteiger partial charge in [0.25, 0.3) is 5.91 Å². The van der Waals surface area contributed by atoms with Crippen molar-refractivity contribution in [2.75, 3.05) is 7.05 Å². The fourth-order valence-corrected chi connectivity index (χ4v) is 4.73. The molecular weight excluding hydrogens is 328 g/mol. The number of carbonyl (C=O) groups excluding carboxylic acids is 1. The third kappa shape index (κ3) is 3.23. The SMILES string of the molecule is CN(C(=O)c1cc2sccc2n1Cc1ccccc1)C1CCCCC1. The predicted molar refractivity (Wildman–Crippen MR) is 104 cm³/mol. The average molecular weight is 353 g/mol. The Labute approximate surface area is 152 Å². The Hall–Kier alpha value is -2.07. The first-order valence-corrected chi connectivity index (χ1v) is 10.00. The summed E-state index contributed by atoms with van der Waals surface area (Å²) >= 11 is 1.71. The smallest absolute Gasteiger partial charge is 0.270 e. The summed E-state index contributed by atoms with van der Waals surface area (Å²) in [6.07, 6.45) is 6.05. The van der Waals surface area contributed by atoms with Gasteiger partial charge in [-0.3, -0.25) is 4.79 Å². The van der Waals surface area contributed by atoms with Crippen molar-refractivity contribution in [1.82, 2.24) is 9.47 Å². The Morgan fingerprint density at radius 1 is 1.16 bits per heavy atom. The van der Waals surface area contributed by atoms with Crippen molar-refractivity contribution in [1.29, 1.82) is 0 Å². The molecule has 4 rings (SSSR count). The second kappa shape index (κ2) is 7.04. The fourth-order valence-electron chi connectivity index (χ4n) is 3.91. The molecule has 0 bridgehead atoms. The minimum Gasteiger partial charge on any atom is -0.337 e. The largest absolute Gasteiger partial charge is 0.337 e. The highest BCUT2D eigenvalue weighted by molar-refractivity contribution is 7.17. The van der Waals surface area contributed by atoms with Crippen LogP contribution in [0.1, 0.15) is 48.2 Å². The van der Waals surface area contributed by atoms with E-state index in [1.807, 2.05) is 18.0 Å². The summed E-state index contributed by atoms with van der Waals surface area (Å²) in [7, 11) is 1.98. The van der Waals surface area contributed by atoms with Crippen LogP contribution in [-0.2, 0) is 6.54 Å². The number of benzene rings is 1. The van der Waals surface area contributed by atoms with Gasteiger partial charge in [-0.05, 0) is 35.9 Å². The molecule has 4 heteroatoms. The van der Waals surface area contributed by atoms with Gasteiger partial charge in [-0.2, -0.15) is 0 Å². The van der Waals surface area contributed by atoms with Crippen LogP contribution in [0.25, 0.3) is 10.2 Å². The number of nitrogens with zero attached hydrogens (tertiary/aromatic N) is 2. The van der Waals surface area contributed by atoms with E-state index in [0.717, 1.165) is 30.6 Å². The number of hydrogen-bond donors (Lipinski definition) is 0. The molecular formula is C21H24N2OS. The Bertz CT molecular complexity index is 859. The molecule has 25 heavy (non-hydrogen) atoms. The Morgan fingerprint density at radius 2 is 1.92 bits per heavy atom. The van der Waals surface area contributed by atoms with Crippen molar-refractivity contribution in [2.24, 2.45) is 0 Å². The number of hydrogen-bond acceptors (Lipinski definition) is 2. The van der Waals surface area contributed by atoms with Crippen LogP contribution in [-0.4, -0.2) is 28.5 Å². The lowest BCUT2D eigenvalue weighted by Crippen LogP contribution is -2.39. The molecule has 1 aliphatic carbocycles. The van der Waals surface area contributed by atoms with E-state index in [9.17, 15) is 4.79 Å². The van der Waals surface area contributed by atoms with E-state index in [2.05, 4.69) is 46.3 Å². The standard InChI is InChI=1S/C21H24N2OS/c1-22(17-10-6-3-7-11-17)21(24)19-14-20-18(12-13-25-20)23(19)15-16-8-4-2-5-9-16/h2,4-5,8-9,12-14,17H,3,6-7,10-11,15H2,1H3. The van der Waals surface area contributed by atoms with Crippen molar-refractivity contribution in [3.8, 4) is 0 Å². The molecule has 1 aliphatic rings. The molecule has 1 fully saturated rings. The first-order valence-electron chi connectivity index (χ1n) is 9.12. The van der Waals surface area contributed by atoms with Gasteiger partial charge in [-0.1, -0.05) is 49.6 Å². The van der Waals surface area contributed by atoms with Crippen LogP contribution in [0.2, 0.25) is 0 Å². The summed E-state index contributed by atoms with van der Waals surface area (Å²) < 4.78 is 3.37. The van der Waals surface area contributed by atoms with Gasteiger partial charge < -0.3 is 9.47 Å². The van der Waals surface area contributed by atoms with Gasteiger partial charge in [0, 0.05) is 19.6 Å². The van der Waals surface area contributed by atoms with E-state index < -0.39 is 0 Å². The third-order valence-electron chi connectivity index (χ3n) is 5.37. The van der Waals surface area contributed by atoms with Crippen molar-refractivity contribution in [3.63, 3.8) is 0 Å². The molecule has 1 saturated carbocycles. The molecule has 3 nitrogen and oxygen atoms in total. The number of amides is 1. The minimum absolute atomic E-state index is 0.159. The Balaban J connectivity index is 1.67. The summed E-state index contributed by atoms with van der Waals surface area (Å²) in [6, 6.07) is 15.0. The van der Waals surface area contributed by atoms with Crippen LogP contribution in [0.4, 0.5) is 0 Å². The Kier molecular flexibility index (Phi) is 4.62. The van der Waals surface area contributed by atoms with E-state index >= 15 is 0 Å². The van der Waals surface area contributed by atoms with Crippen molar-refractivity contribution in [2.45, 2.75) is 44.7 Å². The predicted octanol–water partition coefficient (Wildman–Crippen LogP) is 5.16. The normalized spacial score (nSPS) is 15.6. The lowest BCUT2D eigenvalue weighted by molar-refractivity contribution is 0.0686. The van der Waals surface area contributed by atoms with Gasteiger partial charge in [0.1, 0.15) is 5.69 Å². The molecule has 0 atom stereocenters. The van der Waals surface area contributed by atoms with Crippen LogP contribution in [0.15, 0.2) is 47.8 Å². The van der Waals surface area contributed by atoms with Crippen molar-refractivity contribution in [3.05, 3.63) is 59.1 Å². The van der Waals surface area contributed by atoms with Crippen LogP contribution in [0.3, 0.4) is 0 Å². The van der Waals surface area contributed by atoms with E-state index in [1.165, 1.54) is 29.5 Å². The highest BCUT2D eigenvalue weighted by Gasteiger charge is 2.26. The lowest BCUT2D eigenvalue weighted by Gasteiger charge is -2.31. The highest BCUT2D eigenvalue weighted by Crippen LogP contribution is 2.29. The molecule has 130 valence electrons. The number of thiophene rings is 1. The monoisotopic (exact) mass is 352 g/mol. The zero-order chi connectivity index (χ0) is 17.2. The molecule has 0 N–H and O–H groups in total. The quantitative estimate of drug-likeness (QED) is 0.637. The van der Waals surface area contributed by atoms with Crippen LogP contribution in [0.5, 0.6) is 0 Å². The number of aromatic nitrogens is 1. The van der Waals surface area contributed by atoms with Crippen molar-refractivity contribution < 1.29 is 4.79 Å². The average Bonchev–Trinajstić information content (AvgIpc) is 3.25. The molecule has 0 unspecified atom stereocenters. The second-order valence-electron chi connectivity index (χ2n) is 6.98. The molecule has 1 amide bonds. The minimum atomic E-state index is 0.159. The zero-order valence-electron chi connectivity index (χ0n) is 14.6. The van der Waals surface area contributed by atoms with Gasteiger partial charge in [0.2, 0.25) is 0 Å². The van der Waals surface area contributed by atoms with Gasteiger partial charge in [-0.25, -0.2) is 0 Å². The van der Waals surface area contributed by atoms with E-state index in [-0.39, 0.29) is 5.91 Å². The molecule has 0 spiro atoms. The van der Waals surface area contributed by atoms with E-state index in [4.69, 9.17) is 0 Å². The van der Waals surface area contributed by atoms with Crippen LogP contribution in [0, 0.1) is 0 Å². The maximum Gasteiger partial charge on any atom is 0.270 e. The summed E-state index contributed by atoms with van der Waals surface area (Å²) in [5.74, 6) is 0.159. The first kappa shape index (κ1) is 16.4. The topological polar surface area (TPSA) is 25.2 Å². The molecule has 2 heterocycles. The first-order chi connectivity index (χ1) is 12.2. The number of carbonyl (C=O) groups is 1. The van der Waals surface area contributed by atoms with Gasteiger partial charge in [0.15, 0.2) is 0 Å². The third-order valence-corrected chi connectivity index (χ3v) is 6.22. The highest BCUT2D eigenvalue weighted by atomic mass is 32.1. The van der Waals surface area contributed by atoms with Crippen molar-refractivity contribution >= 4 is 27.5 Å². The lowest BCUT2D eigenvalue weighted by atomic mass is 9.94. The van der Waals surface area contributed by atoms with Crippen LogP contribution >= 0.6 is 11.3 Å². The molecule has 3 aromatic rings. The zero-order valence-corrected chi connectivity index (χ0v) is 15.5. The molecule has 1 aromatic carbocycles. The molecule has 2 aromatic heterocycles. The molecule has 0 radical (unpaired) electrons. The van der Waals surface area contributed by atoms with Gasteiger partial charge >= 0.3 is 0 Å². The molecule has 0 saturated heterocycles. The summed E-state index contributed by atoms with van der Waals surface area (Å²) in [5.41, 5.74) is 3.20. The van der Waals surface area contributed by atoms with Crippen LogP contribution < -0.4 is 0 Å². The van der Waals surface area contributed by atoms with Gasteiger partial charge in [-0.15, -0.1) is 11.3 Å². The summed E-state index contributed by atoms with van der Waals surface area (Å²) in [6.45, 7) is 0.737. The maximum atomic E-state index is 13.2. The maximum absolute atomic E-state index is 13.2. The summed E-state index contributed by atoms with van der Waals surface area (Å²) in [4.78, 5) is 15.2. The van der Waals surface area contributed by atoms with E-state index in [0.29, 0.717) is 6.04 Å². The number of fused-ring (bicyclic) bond motifs is 1. The number of rotatable bonds is 4. The Morgan fingerprint density at radius 3 is 2.68 bits per heavy atom. The fraction of sp³-hybridized carbons (Fsp3) is 0.381. The van der Waals surface area contributed by atoms with E-state index in [1.54, 1.807) is 11.3 Å². The molecule has 0 aliphatic heterocycles. The second-order valence-corrected chi connectivity index (χ2v) is 7.93. The van der Waals surface area contributed by atoms with Gasteiger partial charge in [0.05, 0.1) is 10.2 Å². The summed E-state index contributed by atoms with van der Waals surface area (Å²) in [5, 5.41) is 2.10.